The molecular weight excluding hydrogens is 437 g/mol. The fourth-order valence-corrected chi connectivity index (χ4v) is 4.82. The number of hydrogen-bond acceptors (Lipinski definition) is 5. The van der Waals surface area contributed by atoms with E-state index in [9.17, 15) is 27.2 Å². The minimum atomic E-state index is -3.63. The van der Waals surface area contributed by atoms with Crippen LogP contribution in [0.5, 0.6) is 0 Å². The second kappa shape index (κ2) is 10.7. The van der Waals surface area contributed by atoms with Gasteiger partial charge in [-0.2, -0.15) is 0 Å². The molecule has 11 heteroatoms. The van der Waals surface area contributed by atoms with Gasteiger partial charge in [-0.25, -0.2) is 17.8 Å². The highest BCUT2D eigenvalue weighted by molar-refractivity contribution is 7.90. The second-order valence-corrected chi connectivity index (χ2v) is 9.89. The molecule has 1 aromatic carbocycles. The molecule has 0 radical (unpaired) electrons. The Morgan fingerprint density at radius 1 is 1.23 bits per heavy atom. The zero-order valence-corrected chi connectivity index (χ0v) is 17.9. The summed E-state index contributed by atoms with van der Waals surface area (Å²) in [7, 11) is -3.63. The Hall–Kier alpha value is -2.20. The van der Waals surface area contributed by atoms with Crippen LogP contribution in [0.4, 0.5) is 4.39 Å². The lowest BCUT2D eigenvalue weighted by molar-refractivity contribution is -0.145. The number of hydrazine groups is 1. The van der Waals surface area contributed by atoms with Crippen molar-refractivity contribution in [3.63, 3.8) is 0 Å². The van der Waals surface area contributed by atoms with E-state index in [1.165, 1.54) is 0 Å². The zero-order chi connectivity index (χ0) is 22.3. The highest BCUT2D eigenvalue weighted by atomic mass is 35.5. The van der Waals surface area contributed by atoms with Crippen LogP contribution < -0.4 is 11.2 Å². The van der Waals surface area contributed by atoms with Gasteiger partial charge in [0.05, 0.1) is 24.0 Å². The number of benzene rings is 1. The summed E-state index contributed by atoms with van der Waals surface area (Å²) in [4.78, 5) is 35.7. The van der Waals surface area contributed by atoms with Crippen LogP contribution in [0.15, 0.2) is 30.3 Å². The summed E-state index contributed by atoms with van der Waals surface area (Å²) in [6.45, 7) is -0.375. The van der Waals surface area contributed by atoms with Crippen LogP contribution in [0.25, 0.3) is 0 Å². The van der Waals surface area contributed by atoms with Crippen LogP contribution in [0.1, 0.15) is 31.2 Å². The summed E-state index contributed by atoms with van der Waals surface area (Å²) in [5.41, 5.74) is 5.44. The third-order valence-electron chi connectivity index (χ3n) is 4.65. The highest BCUT2D eigenvalue weighted by Crippen LogP contribution is 2.36. The van der Waals surface area contributed by atoms with Gasteiger partial charge in [-0.3, -0.25) is 19.8 Å². The lowest BCUT2D eigenvalue weighted by atomic mass is 10.0. The van der Waals surface area contributed by atoms with Crippen molar-refractivity contribution in [2.45, 2.75) is 37.1 Å². The Kier molecular flexibility index (Phi) is 8.60. The maximum absolute atomic E-state index is 13.3. The van der Waals surface area contributed by atoms with E-state index < -0.39 is 44.9 Å². The zero-order valence-electron chi connectivity index (χ0n) is 16.3. The maximum atomic E-state index is 13.3. The monoisotopic (exact) mass is 461 g/mol. The Morgan fingerprint density at radius 3 is 2.40 bits per heavy atom. The normalized spacial score (nSPS) is 15.8. The molecule has 0 bridgehead atoms. The number of primary amides is 1. The van der Waals surface area contributed by atoms with Gasteiger partial charge in [0.2, 0.25) is 11.8 Å². The van der Waals surface area contributed by atoms with Gasteiger partial charge < -0.3 is 5.73 Å². The molecule has 0 heterocycles. The first kappa shape index (κ1) is 24.1. The molecule has 0 spiro atoms. The number of nitrogens with zero attached hydrogens (tertiary/aromatic N) is 1. The van der Waals surface area contributed by atoms with Crippen LogP contribution >= 0.6 is 11.6 Å². The summed E-state index contributed by atoms with van der Waals surface area (Å²) in [5.74, 6) is -4.10. The molecule has 2 rings (SSSR count). The van der Waals surface area contributed by atoms with E-state index in [2.05, 4.69) is 5.43 Å². The first-order chi connectivity index (χ1) is 14.1. The number of rotatable bonds is 11. The molecule has 3 amide bonds. The predicted molar refractivity (Wildman–Crippen MR) is 109 cm³/mol. The van der Waals surface area contributed by atoms with Gasteiger partial charge in [0.25, 0.3) is 11.5 Å². The minimum Gasteiger partial charge on any atom is -0.370 e. The summed E-state index contributed by atoms with van der Waals surface area (Å²) in [5, 5.41) is 0.578. The van der Waals surface area contributed by atoms with Crippen molar-refractivity contribution >= 4 is 39.2 Å². The number of carbonyl (C=O) groups excluding carboxylic acids is 3. The van der Waals surface area contributed by atoms with E-state index >= 15 is 0 Å². The molecule has 1 aliphatic rings. The van der Waals surface area contributed by atoms with Crippen molar-refractivity contribution in [1.82, 2.24) is 10.4 Å². The van der Waals surface area contributed by atoms with Gasteiger partial charge in [0, 0.05) is 6.42 Å². The van der Waals surface area contributed by atoms with Gasteiger partial charge in [-0.15, -0.1) is 0 Å². The predicted octanol–water partition coefficient (Wildman–Crippen LogP) is 1.29. The van der Waals surface area contributed by atoms with E-state index in [1.54, 1.807) is 30.3 Å². The SMILES string of the molecule is NC(=O)CCN(NC(=O)[C@H](CC1CC1)CS(=O)(=O)Cc1ccccc1)C(=O)C(F)Cl. The molecule has 166 valence electrons. The van der Waals surface area contributed by atoms with Crippen molar-refractivity contribution in [1.29, 1.82) is 0 Å². The fourth-order valence-electron chi connectivity index (χ4n) is 2.99. The van der Waals surface area contributed by atoms with Gasteiger partial charge in [-0.1, -0.05) is 54.8 Å². The van der Waals surface area contributed by atoms with E-state index in [-0.39, 0.29) is 24.6 Å². The van der Waals surface area contributed by atoms with Gasteiger partial charge in [0.15, 0.2) is 9.84 Å². The molecule has 1 aliphatic carbocycles. The summed E-state index contributed by atoms with van der Waals surface area (Å²) in [6, 6.07) is 8.58. The number of alkyl halides is 2. The molecular formula is C19H25ClFN3O5S. The molecule has 3 N–H and O–H groups in total. The Labute approximate surface area is 179 Å². The quantitative estimate of drug-likeness (QED) is 0.379. The largest absolute Gasteiger partial charge is 0.370 e. The standard InChI is InChI=1S/C19H25ClFN3O5S/c20-17(21)19(27)24(9-8-16(22)25)23-18(26)15(10-13-6-7-13)12-30(28,29)11-14-4-2-1-3-5-14/h1-5,13,15,17H,6-12H2,(H2,22,25)(H,23,26)/t15-,17?/m1/s1. The average Bonchev–Trinajstić information content (AvgIpc) is 3.47. The molecule has 1 aromatic rings. The van der Waals surface area contributed by atoms with Crippen molar-refractivity contribution < 1.29 is 27.2 Å². The number of sulfone groups is 1. The lowest BCUT2D eigenvalue weighted by Gasteiger charge is -2.26. The van der Waals surface area contributed by atoms with E-state index in [0.717, 1.165) is 12.8 Å². The molecule has 1 saturated carbocycles. The number of nitrogens with two attached hydrogens (primary N) is 1. The van der Waals surface area contributed by atoms with Crippen LogP contribution in [0, 0.1) is 11.8 Å². The van der Waals surface area contributed by atoms with Crippen LogP contribution in [-0.4, -0.2) is 49.1 Å². The molecule has 30 heavy (non-hydrogen) atoms. The number of amides is 3. The first-order valence-electron chi connectivity index (χ1n) is 9.50. The average molecular weight is 462 g/mol. The van der Waals surface area contributed by atoms with Crippen molar-refractivity contribution in [3.8, 4) is 0 Å². The minimum absolute atomic E-state index is 0.221. The Balaban J connectivity index is 2.10. The van der Waals surface area contributed by atoms with Crippen molar-refractivity contribution in [2.24, 2.45) is 17.6 Å². The van der Waals surface area contributed by atoms with Crippen LogP contribution in [-0.2, 0) is 30.0 Å². The fraction of sp³-hybridized carbons (Fsp3) is 0.526. The highest BCUT2D eigenvalue weighted by Gasteiger charge is 2.34. The van der Waals surface area contributed by atoms with E-state index in [1.807, 2.05) is 0 Å². The topological polar surface area (TPSA) is 127 Å². The first-order valence-corrected chi connectivity index (χ1v) is 11.8. The number of nitrogens with one attached hydrogen (secondary N) is 1. The lowest BCUT2D eigenvalue weighted by Crippen LogP contribution is -2.52. The molecule has 1 fully saturated rings. The number of halogens is 2. The summed E-state index contributed by atoms with van der Waals surface area (Å²) in [6.07, 6.45) is 1.79. The Bertz CT molecular complexity index is 862. The van der Waals surface area contributed by atoms with E-state index in [0.29, 0.717) is 17.0 Å². The van der Waals surface area contributed by atoms with Crippen LogP contribution in [0.3, 0.4) is 0 Å². The molecule has 8 nitrogen and oxygen atoms in total. The summed E-state index contributed by atoms with van der Waals surface area (Å²) >= 11 is 5.17. The van der Waals surface area contributed by atoms with E-state index in [4.69, 9.17) is 17.3 Å². The molecule has 0 aromatic heterocycles. The molecule has 2 atom stereocenters. The molecule has 0 saturated heterocycles. The third-order valence-corrected chi connectivity index (χ3v) is 6.52. The van der Waals surface area contributed by atoms with Gasteiger partial charge in [0.1, 0.15) is 0 Å². The van der Waals surface area contributed by atoms with Gasteiger partial charge in [-0.05, 0) is 17.9 Å². The number of carbonyl (C=O) groups is 3. The second-order valence-electron chi connectivity index (χ2n) is 7.40. The smallest absolute Gasteiger partial charge is 0.291 e. The molecule has 0 aliphatic heterocycles. The van der Waals surface area contributed by atoms with Crippen molar-refractivity contribution in [2.75, 3.05) is 12.3 Å². The Morgan fingerprint density at radius 2 is 1.87 bits per heavy atom. The molecule has 1 unspecified atom stereocenters. The third kappa shape index (κ3) is 8.27. The number of hydrogen-bond donors (Lipinski definition) is 2. The summed E-state index contributed by atoms with van der Waals surface area (Å²) < 4.78 is 38.6. The van der Waals surface area contributed by atoms with Gasteiger partial charge >= 0.3 is 0 Å². The van der Waals surface area contributed by atoms with Crippen LogP contribution in [0.2, 0.25) is 0 Å². The van der Waals surface area contributed by atoms with Crippen molar-refractivity contribution in [3.05, 3.63) is 35.9 Å². The maximum Gasteiger partial charge on any atom is 0.291 e.